The molecule has 7 aromatic rings. The zero-order chi connectivity index (χ0) is 73.3. The number of ether oxygens (including phenoxy) is 3. The molecule has 4 aliphatic heterocycles. The molecule has 29 heteroatoms. The first-order chi connectivity index (χ1) is 49.2. The Hall–Kier alpha value is -8.64. The van der Waals surface area contributed by atoms with Gasteiger partial charge >= 0.3 is 11.6 Å². The summed E-state index contributed by atoms with van der Waals surface area (Å²) in [5.41, 5.74) is 2.53. The van der Waals surface area contributed by atoms with Gasteiger partial charge in [0, 0.05) is 126 Å². The van der Waals surface area contributed by atoms with Gasteiger partial charge in [0.25, 0.3) is 31.7 Å². The Morgan fingerprint density at radius 3 is 2.09 bits per heavy atom. The number of sulfonamides is 1. The van der Waals surface area contributed by atoms with E-state index in [2.05, 4.69) is 79.5 Å². The first-order valence-corrected chi connectivity index (χ1v) is 38.4. The molecule has 1 unspecified atom stereocenters. The molecule has 548 valence electrons. The van der Waals surface area contributed by atoms with Crippen LogP contribution >= 0.6 is 23.4 Å². The van der Waals surface area contributed by atoms with Crippen LogP contribution in [-0.2, 0) is 38.9 Å². The van der Waals surface area contributed by atoms with Crippen LogP contribution in [0.2, 0.25) is 5.02 Å². The zero-order valence-electron chi connectivity index (χ0n) is 57.5. The fourth-order valence-corrected chi connectivity index (χ4v) is 16.6. The molecule has 4 aliphatic rings. The number of anilines is 5. The summed E-state index contributed by atoms with van der Waals surface area (Å²) in [7, 11) is -10.8. The number of piperidine rings is 2. The van der Waals surface area contributed by atoms with Crippen molar-refractivity contribution in [2.75, 3.05) is 116 Å². The van der Waals surface area contributed by atoms with Crippen molar-refractivity contribution in [3.05, 3.63) is 179 Å². The fourth-order valence-electron chi connectivity index (χ4n) is 13.4. The van der Waals surface area contributed by atoms with Gasteiger partial charge in [-0.1, -0.05) is 54.6 Å². The number of likely N-dealkylation sites (tertiary alicyclic amines) is 1. The number of hydrogen-bond acceptors (Lipinski definition) is 17. The van der Waals surface area contributed by atoms with Crippen LogP contribution in [0.5, 0.6) is 0 Å². The van der Waals surface area contributed by atoms with Gasteiger partial charge in [0.05, 0.1) is 53.8 Å². The van der Waals surface area contributed by atoms with Crippen LogP contribution in [0.3, 0.4) is 0 Å². The lowest BCUT2D eigenvalue weighted by atomic mass is 9.96. The van der Waals surface area contributed by atoms with E-state index >= 15 is 4.39 Å². The van der Waals surface area contributed by atoms with Gasteiger partial charge in [-0.25, -0.2) is 26.0 Å². The van der Waals surface area contributed by atoms with Crippen molar-refractivity contribution in [3.8, 4) is 22.4 Å². The minimum atomic E-state index is -6.12. The lowest BCUT2D eigenvalue weighted by Crippen LogP contribution is -2.51. The maximum Gasteiger partial charge on any atom is 0.501 e. The number of amides is 4. The van der Waals surface area contributed by atoms with Crippen LogP contribution in [0.1, 0.15) is 84.0 Å². The summed E-state index contributed by atoms with van der Waals surface area (Å²) < 4.78 is 136. The predicted octanol–water partition coefficient (Wildman–Crippen LogP) is 12.9. The minimum Gasteiger partial charge on any atom is -0.446 e. The second-order valence-corrected chi connectivity index (χ2v) is 31.1. The van der Waals surface area contributed by atoms with Gasteiger partial charge in [-0.05, 0) is 174 Å². The third-order valence-corrected chi connectivity index (χ3v) is 23.1. The van der Waals surface area contributed by atoms with E-state index in [9.17, 15) is 49.2 Å². The molecular formula is C74H83ClF4N10O11S3. The Morgan fingerprint density at radius 2 is 1.42 bits per heavy atom. The molecule has 3 fully saturated rings. The average Bonchev–Trinajstić information content (AvgIpc) is 1.66. The molecular weight excluding hydrogens is 1410 g/mol. The van der Waals surface area contributed by atoms with Crippen molar-refractivity contribution in [1.29, 1.82) is 0 Å². The van der Waals surface area contributed by atoms with E-state index in [0.717, 1.165) is 66.9 Å². The summed E-state index contributed by atoms with van der Waals surface area (Å²) in [6, 6.07) is 34.6. The molecule has 1 aromatic heterocycles. The summed E-state index contributed by atoms with van der Waals surface area (Å²) in [5, 5.41) is 12.1. The maximum absolute atomic E-state index is 15.7. The van der Waals surface area contributed by atoms with E-state index in [4.69, 9.17) is 25.8 Å². The molecule has 3 saturated heterocycles. The van der Waals surface area contributed by atoms with Crippen molar-refractivity contribution in [2.45, 2.75) is 104 Å². The molecule has 103 heavy (non-hydrogen) atoms. The monoisotopic (exact) mass is 1490 g/mol. The van der Waals surface area contributed by atoms with Gasteiger partial charge in [0.15, 0.2) is 0 Å². The third-order valence-electron chi connectivity index (χ3n) is 18.7. The normalized spacial score (nSPS) is 16.6. The second-order valence-electron chi connectivity index (χ2n) is 26.0. The van der Waals surface area contributed by atoms with Crippen molar-refractivity contribution in [1.82, 2.24) is 25.0 Å². The van der Waals surface area contributed by atoms with Gasteiger partial charge in [0.1, 0.15) is 22.9 Å². The zero-order valence-corrected chi connectivity index (χ0v) is 60.7. The highest BCUT2D eigenvalue weighted by atomic mass is 35.5. The standard InChI is InChI=1S/C74H83ClF4N10O11S3/c1-47(2)88-50(5)49(4)67(69(88)51-15-17-53(75)18-16-51)52-42-54(76)44-58(43-52)87-36-34-86(35-37-87)57-21-19-55(20-22-57)84-103(96,97)61-23-24-63(66(45-61)102(94,95)74(77,78)79)83-56(46-101-60-10-7-6-8-11-60)26-31-85-32-27-59(28-33-85)100-73(93)81-30-39-99-41-40-98-38-29-80-64-13-9-12-62-68(64)72(92)89(71(62)91)65-25-14-48(3)82-70(65)90/h6-13,15-24,42-45,47,56,59,65,80,83-84H,3,14,25-41,46H2,1-2,4-5H3,(H,81,93)(H,82,90)/t56-,65?/m1/s1. The Labute approximate surface area is 606 Å². The Bertz CT molecular complexity index is 4480. The third kappa shape index (κ3) is 17.9. The summed E-state index contributed by atoms with van der Waals surface area (Å²) >= 11 is 7.70. The molecule has 0 saturated carbocycles. The number of hydrogen-bond donors (Lipinski definition) is 5. The molecule has 0 radical (unpaired) electrons. The number of alkyl halides is 3. The van der Waals surface area contributed by atoms with E-state index < -0.39 is 82.8 Å². The Balaban J connectivity index is 0.641. The topological polar surface area (TPSA) is 242 Å². The van der Waals surface area contributed by atoms with Crippen LogP contribution in [0.4, 0.5) is 50.8 Å². The molecule has 21 nitrogen and oxygen atoms in total. The molecule has 0 bridgehead atoms. The Morgan fingerprint density at radius 1 is 0.738 bits per heavy atom. The van der Waals surface area contributed by atoms with Gasteiger partial charge in [-0.3, -0.25) is 24.0 Å². The summed E-state index contributed by atoms with van der Waals surface area (Å²) in [4.78, 5) is 58.3. The number of carbonyl (C=O) groups excluding carboxylic acids is 4. The van der Waals surface area contributed by atoms with Crippen molar-refractivity contribution in [3.63, 3.8) is 0 Å². The second kappa shape index (κ2) is 33.0. The highest BCUT2D eigenvalue weighted by Crippen LogP contribution is 2.44. The van der Waals surface area contributed by atoms with Crippen molar-refractivity contribution >= 4 is 95.5 Å². The summed E-state index contributed by atoms with van der Waals surface area (Å²) in [5.74, 6) is -1.59. The fraction of sp³-hybridized carbons (Fsp3) is 0.378. The highest BCUT2D eigenvalue weighted by molar-refractivity contribution is 7.99. The number of nitrogens with one attached hydrogen (secondary N) is 5. The van der Waals surface area contributed by atoms with Crippen molar-refractivity contribution in [2.24, 2.45) is 0 Å². The van der Waals surface area contributed by atoms with Crippen molar-refractivity contribution < 1.29 is 67.8 Å². The number of allylic oxidation sites excluding steroid dienone is 1. The summed E-state index contributed by atoms with van der Waals surface area (Å²) in [6.45, 7) is 17.1. The minimum absolute atomic E-state index is 0.0822. The number of aromatic nitrogens is 1. The molecule has 0 aliphatic carbocycles. The molecule has 11 rings (SSSR count). The number of rotatable bonds is 29. The van der Waals surface area contributed by atoms with Crippen LogP contribution in [0.15, 0.2) is 160 Å². The number of alkyl carbamates (subject to hydrolysis) is 1. The quantitative estimate of drug-likeness (QED) is 0.0127. The number of thioether (sulfide) groups is 1. The number of imide groups is 1. The largest absolute Gasteiger partial charge is 0.501 e. The lowest BCUT2D eigenvalue weighted by Gasteiger charge is -2.37. The van der Waals surface area contributed by atoms with E-state index in [0.29, 0.717) is 113 Å². The SMILES string of the molecule is C=C1CCC(N2C(=O)c3cccc(NCCOCCOCCNC(=O)OC4CCN(CC[C@H](CSc5ccccc5)Nc5ccc(S(=O)(=O)Nc6ccc(N7CCN(c8cc(F)cc(-c9c(C)c(C)n(C(C)C)c9-c9ccc(Cl)cc9)c8)CC7)cc6)cc5S(=O)(=O)C(F)(F)F)CC4)c3C2=O)C(=O)N1. The van der Waals surface area contributed by atoms with E-state index in [-0.39, 0.29) is 61.6 Å². The number of halogens is 5. The van der Waals surface area contributed by atoms with E-state index in [1.54, 1.807) is 36.4 Å². The van der Waals surface area contributed by atoms with Gasteiger partial charge in [0.2, 0.25) is 5.91 Å². The average molecular weight is 1500 g/mol. The molecule has 4 amide bonds. The number of fused-ring (bicyclic) bond motifs is 1. The lowest BCUT2D eigenvalue weighted by molar-refractivity contribution is -0.125. The predicted molar refractivity (Wildman–Crippen MR) is 392 cm³/mol. The van der Waals surface area contributed by atoms with Crippen LogP contribution in [-0.4, -0.2) is 170 Å². The molecule has 5 heterocycles. The highest BCUT2D eigenvalue weighted by Gasteiger charge is 2.49. The molecule has 2 atom stereocenters. The number of nitrogens with zero attached hydrogens (tertiary/aromatic N) is 5. The first kappa shape index (κ1) is 75.5. The molecule has 0 spiro atoms. The van der Waals surface area contributed by atoms with Gasteiger partial charge in [-0.2, -0.15) is 13.2 Å². The number of piperazine rings is 1. The maximum atomic E-state index is 15.7. The van der Waals surface area contributed by atoms with E-state index in [1.165, 1.54) is 30.0 Å². The number of carbonyl (C=O) groups is 4. The van der Waals surface area contributed by atoms with E-state index in [1.807, 2.05) is 60.7 Å². The molecule has 6 aromatic carbocycles. The number of benzene rings is 6. The summed E-state index contributed by atoms with van der Waals surface area (Å²) in [6.07, 6.45) is 1.06. The van der Waals surface area contributed by atoms with Gasteiger partial charge in [-0.15, -0.1) is 11.8 Å². The first-order valence-electron chi connectivity index (χ1n) is 34.1. The smallest absolute Gasteiger partial charge is 0.446 e. The van der Waals surface area contributed by atoms with Crippen LogP contribution < -0.4 is 35.8 Å². The Kier molecular flexibility index (Phi) is 24.2. The van der Waals surface area contributed by atoms with Gasteiger partial charge < -0.3 is 54.7 Å². The van der Waals surface area contributed by atoms with Crippen LogP contribution in [0.25, 0.3) is 22.4 Å². The van der Waals surface area contributed by atoms with Crippen LogP contribution in [0, 0.1) is 19.7 Å². The molecule has 5 N–H and O–H groups in total. The number of sulfone groups is 1.